The van der Waals surface area contributed by atoms with Crippen LogP contribution < -0.4 is 20.1 Å². The number of hydrogen-bond donors (Lipinski definition) is 2. The van der Waals surface area contributed by atoms with Gasteiger partial charge in [0.2, 0.25) is 0 Å². The van der Waals surface area contributed by atoms with Gasteiger partial charge in [0, 0.05) is 11.8 Å². The highest BCUT2D eigenvalue weighted by Gasteiger charge is 2.35. The number of urea groups is 1. The van der Waals surface area contributed by atoms with Gasteiger partial charge in [0.15, 0.2) is 21.3 Å². The van der Waals surface area contributed by atoms with Crippen molar-refractivity contribution in [2.24, 2.45) is 0 Å². The normalized spacial score (nSPS) is 16.2. The summed E-state index contributed by atoms with van der Waals surface area (Å²) < 4.78 is 41.4. The van der Waals surface area contributed by atoms with Crippen LogP contribution in [0.5, 0.6) is 11.5 Å². The second kappa shape index (κ2) is 9.09. The molecule has 1 aliphatic rings. The van der Waals surface area contributed by atoms with Gasteiger partial charge in [-0.1, -0.05) is 30.3 Å². The summed E-state index contributed by atoms with van der Waals surface area (Å²) in [5, 5.41) is 5.10. The predicted molar refractivity (Wildman–Crippen MR) is 111 cm³/mol. The number of carbonyl (C=O) groups is 2. The van der Waals surface area contributed by atoms with E-state index < -0.39 is 33.6 Å². The van der Waals surface area contributed by atoms with Gasteiger partial charge in [-0.2, -0.15) is 0 Å². The van der Waals surface area contributed by atoms with Gasteiger partial charge in [0.05, 0.1) is 43.6 Å². The first kappa shape index (κ1) is 22.2. The molecule has 0 bridgehead atoms. The van der Waals surface area contributed by atoms with Crippen molar-refractivity contribution in [2.45, 2.75) is 10.9 Å². The minimum absolute atomic E-state index is 0.0114. The van der Waals surface area contributed by atoms with E-state index in [1.807, 2.05) is 0 Å². The summed E-state index contributed by atoms with van der Waals surface area (Å²) >= 11 is 0. The molecule has 0 unspecified atom stereocenters. The molecule has 10 heteroatoms. The van der Waals surface area contributed by atoms with E-state index in [-0.39, 0.29) is 21.9 Å². The van der Waals surface area contributed by atoms with E-state index in [0.29, 0.717) is 11.3 Å². The number of benzene rings is 2. The number of sulfone groups is 1. The molecule has 0 radical (unpaired) electrons. The van der Waals surface area contributed by atoms with Crippen LogP contribution >= 0.6 is 0 Å². The Kier molecular flexibility index (Phi) is 6.50. The first-order valence-electron chi connectivity index (χ1n) is 9.19. The average Bonchev–Trinajstić information content (AvgIpc) is 2.78. The number of carbonyl (C=O) groups excluding carboxylic acids is 2. The molecule has 1 aliphatic heterocycles. The fourth-order valence-electron chi connectivity index (χ4n) is 3.26. The van der Waals surface area contributed by atoms with Crippen LogP contribution in [0.3, 0.4) is 0 Å². The number of hydrogen-bond acceptors (Lipinski definition) is 7. The highest BCUT2D eigenvalue weighted by Crippen LogP contribution is 2.32. The summed E-state index contributed by atoms with van der Waals surface area (Å²) in [5.41, 5.74) is 0.565. The van der Waals surface area contributed by atoms with Gasteiger partial charge in [0.1, 0.15) is 0 Å². The fourth-order valence-corrected chi connectivity index (χ4v) is 4.60. The van der Waals surface area contributed by atoms with Crippen molar-refractivity contribution >= 4 is 21.8 Å². The number of ether oxygens (including phenoxy) is 3. The Morgan fingerprint density at radius 3 is 2.29 bits per heavy atom. The summed E-state index contributed by atoms with van der Waals surface area (Å²) in [7, 11) is 0.0546. The quantitative estimate of drug-likeness (QED) is 0.624. The minimum Gasteiger partial charge on any atom is -0.493 e. The van der Waals surface area contributed by atoms with Crippen LogP contribution in [0.2, 0.25) is 0 Å². The second-order valence-corrected chi connectivity index (χ2v) is 8.59. The predicted octanol–water partition coefficient (Wildman–Crippen LogP) is 1.96. The molecule has 0 aliphatic carbocycles. The van der Waals surface area contributed by atoms with Crippen molar-refractivity contribution in [3.8, 4) is 11.5 Å². The monoisotopic (exact) mass is 446 g/mol. The van der Waals surface area contributed by atoms with E-state index in [1.165, 1.54) is 39.5 Å². The lowest BCUT2D eigenvalue weighted by molar-refractivity contribution is -0.136. The van der Waals surface area contributed by atoms with Gasteiger partial charge < -0.3 is 24.8 Å². The topological polar surface area (TPSA) is 120 Å². The third-order valence-electron chi connectivity index (χ3n) is 4.74. The molecule has 2 aromatic carbocycles. The lowest BCUT2D eigenvalue weighted by Gasteiger charge is -2.29. The molecule has 3 rings (SSSR count). The zero-order chi connectivity index (χ0) is 22.6. The van der Waals surface area contributed by atoms with E-state index in [2.05, 4.69) is 10.6 Å². The molecule has 2 amide bonds. The number of amides is 2. The molecule has 1 atom stereocenters. The highest BCUT2D eigenvalue weighted by molar-refractivity contribution is 7.91. The Bertz CT molecular complexity index is 1130. The van der Waals surface area contributed by atoms with Gasteiger partial charge in [-0.25, -0.2) is 18.0 Å². The molecule has 0 spiro atoms. The zero-order valence-electron chi connectivity index (χ0n) is 17.2. The Balaban J connectivity index is 2.08. The van der Waals surface area contributed by atoms with Gasteiger partial charge in [-0.05, 0) is 17.7 Å². The van der Waals surface area contributed by atoms with Crippen molar-refractivity contribution in [1.29, 1.82) is 0 Å². The minimum atomic E-state index is -3.96. The summed E-state index contributed by atoms with van der Waals surface area (Å²) in [6.07, 6.45) is 0. The average molecular weight is 446 g/mol. The second-order valence-electron chi connectivity index (χ2n) is 6.60. The van der Waals surface area contributed by atoms with Crippen LogP contribution in [0.1, 0.15) is 11.6 Å². The van der Waals surface area contributed by atoms with Gasteiger partial charge in [-0.3, -0.25) is 0 Å². The third-order valence-corrected chi connectivity index (χ3v) is 6.38. The largest absolute Gasteiger partial charge is 0.493 e. The van der Waals surface area contributed by atoms with Crippen LogP contribution in [-0.4, -0.2) is 47.5 Å². The molecule has 0 fully saturated rings. The van der Waals surface area contributed by atoms with Crippen LogP contribution in [-0.2, 0) is 19.4 Å². The van der Waals surface area contributed by atoms with Gasteiger partial charge >= 0.3 is 12.0 Å². The Hall–Kier alpha value is -3.53. The lowest BCUT2D eigenvalue weighted by atomic mass is 9.96. The van der Waals surface area contributed by atoms with E-state index >= 15 is 0 Å². The molecular formula is C21H22N2O7S. The number of esters is 1. The van der Waals surface area contributed by atoms with Crippen LogP contribution in [0.4, 0.5) is 4.79 Å². The smallest absolute Gasteiger partial charge is 0.338 e. The number of methoxy groups -OCH3 is 3. The van der Waals surface area contributed by atoms with E-state index in [0.717, 1.165) is 0 Å². The Morgan fingerprint density at radius 1 is 1.00 bits per heavy atom. The molecule has 0 saturated heterocycles. The van der Waals surface area contributed by atoms with Crippen molar-refractivity contribution < 1.29 is 32.2 Å². The zero-order valence-corrected chi connectivity index (χ0v) is 18.0. The molecule has 31 heavy (non-hydrogen) atoms. The summed E-state index contributed by atoms with van der Waals surface area (Å²) in [4.78, 5) is 24.8. The maximum Gasteiger partial charge on any atom is 0.338 e. The Morgan fingerprint density at radius 2 is 1.68 bits per heavy atom. The van der Waals surface area contributed by atoms with Gasteiger partial charge in [0.25, 0.3) is 0 Å². The SMILES string of the molecule is COC(=O)C1=C(CS(=O)(=O)c2ccc(OC)c(OC)c2)NC(=O)N[C@@H]1c1ccccc1. The van der Waals surface area contributed by atoms with Crippen molar-refractivity contribution in [1.82, 2.24) is 10.6 Å². The van der Waals surface area contributed by atoms with Crippen molar-refractivity contribution in [3.05, 3.63) is 65.4 Å². The van der Waals surface area contributed by atoms with E-state index in [9.17, 15) is 18.0 Å². The van der Waals surface area contributed by atoms with Crippen LogP contribution in [0.15, 0.2) is 64.7 Å². The first-order valence-corrected chi connectivity index (χ1v) is 10.8. The fraction of sp³-hybridized carbons (Fsp3) is 0.238. The van der Waals surface area contributed by atoms with Crippen LogP contribution in [0, 0.1) is 0 Å². The molecule has 0 aromatic heterocycles. The molecule has 1 heterocycles. The summed E-state index contributed by atoms with van der Waals surface area (Å²) in [5.74, 6) is -0.764. The van der Waals surface area contributed by atoms with Crippen molar-refractivity contribution in [3.63, 3.8) is 0 Å². The Labute approximate surface area is 179 Å². The molecule has 2 N–H and O–H groups in total. The maximum atomic E-state index is 13.1. The third kappa shape index (κ3) is 4.64. The number of rotatable bonds is 7. The molecule has 9 nitrogen and oxygen atoms in total. The maximum absolute atomic E-state index is 13.1. The summed E-state index contributed by atoms with van der Waals surface area (Å²) in [6, 6.07) is 11.4. The molecule has 0 saturated carbocycles. The molecule has 2 aromatic rings. The highest BCUT2D eigenvalue weighted by atomic mass is 32.2. The van der Waals surface area contributed by atoms with E-state index in [4.69, 9.17) is 14.2 Å². The first-order chi connectivity index (χ1) is 14.8. The van der Waals surface area contributed by atoms with Crippen molar-refractivity contribution in [2.75, 3.05) is 27.1 Å². The number of nitrogens with one attached hydrogen (secondary N) is 2. The van der Waals surface area contributed by atoms with E-state index in [1.54, 1.807) is 30.3 Å². The standard InChI is InChI=1S/C21H22N2O7S/c1-28-16-10-9-14(11-17(16)29-2)31(26,27)12-15-18(20(24)30-3)19(23-21(25)22-15)13-7-5-4-6-8-13/h4-11,19H,12H2,1-3H3,(H2,22,23,25)/t19-/m1/s1. The summed E-state index contributed by atoms with van der Waals surface area (Å²) in [6.45, 7) is 0. The van der Waals surface area contributed by atoms with Gasteiger partial charge in [-0.15, -0.1) is 0 Å². The lowest BCUT2D eigenvalue weighted by Crippen LogP contribution is -2.47. The molecular weight excluding hydrogens is 424 g/mol. The van der Waals surface area contributed by atoms with Crippen LogP contribution in [0.25, 0.3) is 0 Å². The molecule has 164 valence electrons.